The zero-order chi connectivity index (χ0) is 21.4. The standard InChI is InChI=1S/C24H28N4O3/c29-22(25-20-3-1-2-4-21(20)26-23(30)31)19-9-7-18(8-10-19)12-28-15-24(16-28)13-27(14-24)11-17-5-6-17/h1-4,7-10,17,26H,5-6,11-16H2,(H,25,29)(H,30,31). The Labute approximate surface area is 182 Å². The summed E-state index contributed by atoms with van der Waals surface area (Å²) >= 11 is 0. The fourth-order valence-electron chi connectivity index (χ4n) is 4.94. The molecule has 3 N–H and O–H groups in total. The molecule has 5 rings (SSSR count). The van der Waals surface area contributed by atoms with Gasteiger partial charge in [0.25, 0.3) is 5.91 Å². The summed E-state index contributed by atoms with van der Waals surface area (Å²) in [5.74, 6) is 0.713. The third-order valence-corrected chi connectivity index (χ3v) is 6.49. The first-order valence-electron chi connectivity index (χ1n) is 10.9. The lowest BCUT2D eigenvalue weighted by Crippen LogP contribution is -2.71. The largest absolute Gasteiger partial charge is 0.465 e. The molecule has 0 aromatic heterocycles. The van der Waals surface area contributed by atoms with Gasteiger partial charge in [0.15, 0.2) is 0 Å². The van der Waals surface area contributed by atoms with Crippen molar-refractivity contribution in [2.24, 2.45) is 11.3 Å². The molecule has 3 aliphatic rings. The maximum absolute atomic E-state index is 12.6. The number of nitrogens with one attached hydrogen (secondary N) is 2. The van der Waals surface area contributed by atoms with Crippen LogP contribution in [-0.2, 0) is 6.54 Å². The first kappa shape index (κ1) is 20.0. The monoisotopic (exact) mass is 420 g/mol. The topological polar surface area (TPSA) is 84.9 Å². The second-order valence-electron chi connectivity index (χ2n) is 9.38. The van der Waals surface area contributed by atoms with Crippen molar-refractivity contribution in [1.82, 2.24) is 9.80 Å². The maximum atomic E-state index is 12.6. The third kappa shape index (κ3) is 4.57. The number of likely N-dealkylation sites (tertiary alicyclic amines) is 2. The fraction of sp³-hybridized carbons (Fsp3) is 0.417. The predicted molar refractivity (Wildman–Crippen MR) is 119 cm³/mol. The summed E-state index contributed by atoms with van der Waals surface area (Å²) in [4.78, 5) is 28.6. The number of hydrogen-bond acceptors (Lipinski definition) is 4. The first-order chi connectivity index (χ1) is 15.0. The molecule has 0 radical (unpaired) electrons. The number of hydrogen-bond donors (Lipinski definition) is 3. The van der Waals surface area contributed by atoms with E-state index < -0.39 is 6.09 Å². The second-order valence-corrected chi connectivity index (χ2v) is 9.38. The molecule has 0 unspecified atom stereocenters. The number of carbonyl (C=O) groups excluding carboxylic acids is 1. The summed E-state index contributed by atoms with van der Waals surface area (Å²) in [7, 11) is 0. The lowest BCUT2D eigenvalue weighted by atomic mass is 9.72. The first-order valence-corrected chi connectivity index (χ1v) is 10.9. The van der Waals surface area contributed by atoms with E-state index in [1.54, 1.807) is 24.3 Å². The lowest BCUT2D eigenvalue weighted by Gasteiger charge is -2.60. The molecular formula is C24H28N4O3. The molecule has 162 valence electrons. The quantitative estimate of drug-likeness (QED) is 0.638. The Kier molecular flexibility index (Phi) is 5.16. The van der Waals surface area contributed by atoms with Gasteiger partial charge in [-0.3, -0.25) is 15.0 Å². The molecule has 2 aromatic rings. The Morgan fingerprint density at radius 1 is 0.903 bits per heavy atom. The molecule has 2 amide bonds. The average Bonchev–Trinajstić information content (AvgIpc) is 3.50. The summed E-state index contributed by atoms with van der Waals surface area (Å²) in [6.45, 7) is 7.09. The molecule has 1 spiro atoms. The van der Waals surface area contributed by atoms with Gasteiger partial charge in [-0.1, -0.05) is 24.3 Å². The van der Waals surface area contributed by atoms with Crippen LogP contribution >= 0.6 is 0 Å². The van der Waals surface area contributed by atoms with Gasteiger partial charge in [0, 0.05) is 50.2 Å². The van der Waals surface area contributed by atoms with Gasteiger partial charge < -0.3 is 15.3 Å². The van der Waals surface area contributed by atoms with Crippen LogP contribution in [0.5, 0.6) is 0 Å². The SMILES string of the molecule is O=C(O)Nc1ccccc1NC(=O)c1ccc(CN2CC3(C2)CN(CC2CC2)C3)cc1. The van der Waals surface area contributed by atoms with Crippen LogP contribution in [-0.4, -0.2) is 59.6 Å². The number of anilines is 2. The molecule has 2 saturated heterocycles. The smallest absolute Gasteiger partial charge is 0.409 e. The van der Waals surface area contributed by atoms with Gasteiger partial charge in [-0.15, -0.1) is 0 Å². The van der Waals surface area contributed by atoms with E-state index in [1.807, 2.05) is 24.3 Å². The van der Waals surface area contributed by atoms with Crippen molar-refractivity contribution in [3.05, 3.63) is 59.7 Å². The van der Waals surface area contributed by atoms with Crippen molar-refractivity contribution in [2.45, 2.75) is 19.4 Å². The fourth-order valence-corrected chi connectivity index (χ4v) is 4.94. The number of carboxylic acid groups (broad SMARTS) is 1. The van der Waals surface area contributed by atoms with Crippen molar-refractivity contribution in [2.75, 3.05) is 43.4 Å². The van der Waals surface area contributed by atoms with Crippen LogP contribution in [0.4, 0.5) is 16.2 Å². The van der Waals surface area contributed by atoms with Crippen LogP contribution in [0.25, 0.3) is 0 Å². The highest BCUT2D eigenvalue weighted by atomic mass is 16.4. The molecule has 1 aliphatic carbocycles. The molecule has 1 saturated carbocycles. The number of para-hydroxylation sites is 2. The molecular weight excluding hydrogens is 392 g/mol. The minimum atomic E-state index is -1.17. The summed E-state index contributed by atoms with van der Waals surface area (Å²) in [5, 5.41) is 14.0. The van der Waals surface area contributed by atoms with Gasteiger partial charge >= 0.3 is 6.09 Å². The number of carbonyl (C=O) groups is 2. The van der Waals surface area contributed by atoms with E-state index in [2.05, 4.69) is 20.4 Å². The Balaban J connectivity index is 1.11. The van der Waals surface area contributed by atoms with Crippen LogP contribution in [0.15, 0.2) is 48.5 Å². The van der Waals surface area contributed by atoms with E-state index in [0.717, 1.165) is 12.5 Å². The molecule has 2 heterocycles. The molecule has 7 nitrogen and oxygen atoms in total. The van der Waals surface area contributed by atoms with Gasteiger partial charge in [-0.05, 0) is 48.6 Å². The summed E-state index contributed by atoms with van der Waals surface area (Å²) in [6.07, 6.45) is 1.68. The normalized spacial score (nSPS) is 20.0. The summed E-state index contributed by atoms with van der Waals surface area (Å²) in [5.41, 5.74) is 3.06. The third-order valence-electron chi connectivity index (χ3n) is 6.49. The number of nitrogens with zero attached hydrogens (tertiary/aromatic N) is 2. The van der Waals surface area contributed by atoms with Gasteiger partial charge in [0.1, 0.15) is 0 Å². The lowest BCUT2D eigenvalue weighted by molar-refractivity contribution is -0.119. The average molecular weight is 421 g/mol. The van der Waals surface area contributed by atoms with Crippen molar-refractivity contribution >= 4 is 23.4 Å². The summed E-state index contributed by atoms with van der Waals surface area (Å²) < 4.78 is 0. The van der Waals surface area contributed by atoms with Crippen molar-refractivity contribution in [3.63, 3.8) is 0 Å². The zero-order valence-electron chi connectivity index (χ0n) is 17.5. The molecule has 2 aliphatic heterocycles. The molecule has 2 aromatic carbocycles. The molecule has 0 bridgehead atoms. The Morgan fingerprint density at radius 2 is 1.52 bits per heavy atom. The van der Waals surface area contributed by atoms with Gasteiger partial charge in [-0.25, -0.2) is 4.79 Å². The maximum Gasteiger partial charge on any atom is 0.409 e. The van der Waals surface area contributed by atoms with Gasteiger partial charge in [-0.2, -0.15) is 0 Å². The highest BCUT2D eigenvalue weighted by molar-refractivity contribution is 6.06. The van der Waals surface area contributed by atoms with Gasteiger partial charge in [0.2, 0.25) is 0 Å². The minimum Gasteiger partial charge on any atom is -0.465 e. The van der Waals surface area contributed by atoms with Crippen molar-refractivity contribution in [1.29, 1.82) is 0 Å². The van der Waals surface area contributed by atoms with E-state index in [-0.39, 0.29) is 5.91 Å². The number of rotatable bonds is 7. The molecule has 3 fully saturated rings. The minimum absolute atomic E-state index is 0.265. The van der Waals surface area contributed by atoms with Crippen LogP contribution < -0.4 is 10.6 Å². The second kappa shape index (κ2) is 7.98. The highest BCUT2D eigenvalue weighted by Gasteiger charge is 2.51. The van der Waals surface area contributed by atoms with E-state index in [0.29, 0.717) is 22.4 Å². The van der Waals surface area contributed by atoms with Crippen LogP contribution in [0.3, 0.4) is 0 Å². The summed E-state index contributed by atoms with van der Waals surface area (Å²) in [6, 6.07) is 14.4. The molecule has 7 heteroatoms. The Bertz CT molecular complexity index is 973. The van der Waals surface area contributed by atoms with Crippen LogP contribution in [0.1, 0.15) is 28.8 Å². The Morgan fingerprint density at radius 3 is 2.13 bits per heavy atom. The van der Waals surface area contributed by atoms with E-state index in [1.165, 1.54) is 51.1 Å². The number of amides is 2. The van der Waals surface area contributed by atoms with Crippen LogP contribution in [0.2, 0.25) is 0 Å². The number of benzene rings is 2. The molecule has 0 atom stereocenters. The highest BCUT2D eigenvalue weighted by Crippen LogP contribution is 2.42. The van der Waals surface area contributed by atoms with Crippen molar-refractivity contribution in [3.8, 4) is 0 Å². The molecule has 31 heavy (non-hydrogen) atoms. The zero-order valence-corrected chi connectivity index (χ0v) is 17.5. The predicted octanol–water partition coefficient (Wildman–Crippen LogP) is 3.56. The van der Waals surface area contributed by atoms with E-state index in [9.17, 15) is 9.59 Å². The van der Waals surface area contributed by atoms with E-state index in [4.69, 9.17) is 5.11 Å². The van der Waals surface area contributed by atoms with Crippen molar-refractivity contribution < 1.29 is 14.7 Å². The Hall–Kier alpha value is -2.90. The van der Waals surface area contributed by atoms with E-state index >= 15 is 0 Å². The van der Waals surface area contributed by atoms with Gasteiger partial charge in [0.05, 0.1) is 11.4 Å². The van der Waals surface area contributed by atoms with Crippen LogP contribution in [0, 0.1) is 11.3 Å².